The van der Waals surface area contributed by atoms with Gasteiger partial charge in [-0.15, -0.1) is 0 Å². The number of imidazole rings is 1. The van der Waals surface area contributed by atoms with Crippen LogP contribution in [0, 0.1) is 0 Å². The van der Waals surface area contributed by atoms with Crippen molar-refractivity contribution in [1.29, 1.82) is 0 Å². The molecular formula is C11H21N3. The molecule has 80 valence electrons. The average molecular weight is 195 g/mol. The van der Waals surface area contributed by atoms with Crippen LogP contribution in [-0.4, -0.2) is 22.1 Å². The molecule has 1 rings (SSSR count). The van der Waals surface area contributed by atoms with Gasteiger partial charge >= 0.3 is 0 Å². The van der Waals surface area contributed by atoms with Crippen molar-refractivity contribution in [1.82, 2.24) is 14.9 Å². The number of nitrogens with one attached hydrogen (secondary N) is 1. The van der Waals surface area contributed by atoms with Gasteiger partial charge in [-0.25, -0.2) is 4.98 Å². The summed E-state index contributed by atoms with van der Waals surface area (Å²) in [5.74, 6) is 0. The van der Waals surface area contributed by atoms with Gasteiger partial charge in [0.1, 0.15) is 0 Å². The van der Waals surface area contributed by atoms with Gasteiger partial charge in [-0.1, -0.05) is 20.3 Å². The zero-order valence-corrected chi connectivity index (χ0v) is 9.24. The lowest BCUT2D eigenvalue weighted by molar-refractivity contribution is 0.448. The van der Waals surface area contributed by atoms with Gasteiger partial charge in [0.2, 0.25) is 0 Å². The van der Waals surface area contributed by atoms with Crippen LogP contribution in [0.5, 0.6) is 0 Å². The van der Waals surface area contributed by atoms with Gasteiger partial charge < -0.3 is 9.88 Å². The molecule has 1 unspecified atom stereocenters. The van der Waals surface area contributed by atoms with Crippen LogP contribution < -0.4 is 5.32 Å². The van der Waals surface area contributed by atoms with E-state index in [1.807, 2.05) is 18.7 Å². The summed E-state index contributed by atoms with van der Waals surface area (Å²) < 4.78 is 2.10. The summed E-state index contributed by atoms with van der Waals surface area (Å²) in [7, 11) is 0. The average Bonchev–Trinajstić information content (AvgIpc) is 2.69. The summed E-state index contributed by atoms with van der Waals surface area (Å²) in [4.78, 5) is 4.01. The van der Waals surface area contributed by atoms with Crippen LogP contribution in [0.1, 0.15) is 33.1 Å². The van der Waals surface area contributed by atoms with E-state index in [2.05, 4.69) is 28.7 Å². The molecule has 3 nitrogen and oxygen atoms in total. The highest BCUT2D eigenvalue weighted by Gasteiger charge is 2.02. The van der Waals surface area contributed by atoms with Crippen LogP contribution >= 0.6 is 0 Å². The third-order valence-electron chi connectivity index (χ3n) is 2.49. The standard InChI is InChI=1S/C11H21N3/c1-3-5-11(4-2)13-7-9-14-8-6-12-10-14/h6,8,10-11,13H,3-5,7,9H2,1-2H3. The van der Waals surface area contributed by atoms with E-state index in [1.165, 1.54) is 19.3 Å². The third-order valence-corrected chi connectivity index (χ3v) is 2.49. The largest absolute Gasteiger partial charge is 0.336 e. The van der Waals surface area contributed by atoms with Crippen molar-refractivity contribution < 1.29 is 0 Å². The molecule has 1 atom stereocenters. The summed E-state index contributed by atoms with van der Waals surface area (Å²) in [5.41, 5.74) is 0. The third kappa shape index (κ3) is 3.92. The number of aromatic nitrogens is 2. The van der Waals surface area contributed by atoms with Crippen molar-refractivity contribution in [3.63, 3.8) is 0 Å². The maximum atomic E-state index is 4.01. The predicted molar refractivity (Wildman–Crippen MR) is 59.2 cm³/mol. The Morgan fingerprint density at radius 1 is 1.43 bits per heavy atom. The lowest BCUT2D eigenvalue weighted by atomic mass is 10.1. The van der Waals surface area contributed by atoms with Gasteiger partial charge in [-0.3, -0.25) is 0 Å². The lowest BCUT2D eigenvalue weighted by Gasteiger charge is -2.15. The van der Waals surface area contributed by atoms with Crippen molar-refractivity contribution in [3.8, 4) is 0 Å². The van der Waals surface area contributed by atoms with E-state index in [-0.39, 0.29) is 0 Å². The van der Waals surface area contributed by atoms with Crippen molar-refractivity contribution in [2.45, 2.75) is 45.7 Å². The molecule has 0 aromatic carbocycles. The maximum Gasteiger partial charge on any atom is 0.0946 e. The van der Waals surface area contributed by atoms with Gasteiger partial charge in [-0.05, 0) is 12.8 Å². The first-order chi connectivity index (χ1) is 6.86. The molecule has 0 radical (unpaired) electrons. The fraction of sp³-hybridized carbons (Fsp3) is 0.727. The Bertz CT molecular complexity index is 218. The molecule has 0 amide bonds. The molecule has 1 aromatic heterocycles. The quantitative estimate of drug-likeness (QED) is 0.721. The first kappa shape index (κ1) is 11.2. The molecule has 14 heavy (non-hydrogen) atoms. The Morgan fingerprint density at radius 2 is 2.29 bits per heavy atom. The number of rotatable bonds is 7. The Morgan fingerprint density at radius 3 is 2.86 bits per heavy atom. The van der Waals surface area contributed by atoms with E-state index in [0.29, 0.717) is 6.04 Å². The molecule has 0 spiro atoms. The van der Waals surface area contributed by atoms with Crippen molar-refractivity contribution >= 4 is 0 Å². The normalized spacial score (nSPS) is 13.0. The van der Waals surface area contributed by atoms with Gasteiger partial charge in [0.15, 0.2) is 0 Å². The minimum absolute atomic E-state index is 0.684. The molecule has 3 heteroatoms. The second-order valence-electron chi connectivity index (χ2n) is 3.65. The van der Waals surface area contributed by atoms with Gasteiger partial charge in [0.25, 0.3) is 0 Å². The maximum absolute atomic E-state index is 4.01. The van der Waals surface area contributed by atoms with Gasteiger partial charge in [0, 0.05) is 31.5 Å². The molecule has 0 bridgehead atoms. The van der Waals surface area contributed by atoms with E-state index in [0.717, 1.165) is 13.1 Å². The summed E-state index contributed by atoms with van der Waals surface area (Å²) in [6.45, 7) is 6.53. The van der Waals surface area contributed by atoms with E-state index in [4.69, 9.17) is 0 Å². The van der Waals surface area contributed by atoms with E-state index >= 15 is 0 Å². The molecule has 1 aromatic rings. The van der Waals surface area contributed by atoms with E-state index < -0.39 is 0 Å². The molecule has 0 saturated heterocycles. The second kappa shape index (κ2) is 6.60. The molecule has 0 aliphatic carbocycles. The monoisotopic (exact) mass is 195 g/mol. The lowest BCUT2D eigenvalue weighted by Crippen LogP contribution is -2.31. The van der Waals surface area contributed by atoms with Crippen LogP contribution in [0.4, 0.5) is 0 Å². The fourth-order valence-electron chi connectivity index (χ4n) is 1.62. The summed E-state index contributed by atoms with van der Waals surface area (Å²) in [5, 5.41) is 3.56. The number of hydrogen-bond acceptors (Lipinski definition) is 2. The second-order valence-corrected chi connectivity index (χ2v) is 3.65. The summed E-state index contributed by atoms with van der Waals surface area (Å²) >= 11 is 0. The minimum atomic E-state index is 0.684. The Balaban J connectivity index is 2.13. The molecule has 1 N–H and O–H groups in total. The topological polar surface area (TPSA) is 29.9 Å². The first-order valence-electron chi connectivity index (χ1n) is 5.56. The predicted octanol–water partition coefficient (Wildman–Crippen LogP) is 2.05. The zero-order chi connectivity index (χ0) is 10.2. The molecular weight excluding hydrogens is 174 g/mol. The number of hydrogen-bond donors (Lipinski definition) is 1. The van der Waals surface area contributed by atoms with Gasteiger partial charge in [-0.2, -0.15) is 0 Å². The molecule has 0 aliphatic rings. The number of nitrogens with zero attached hydrogens (tertiary/aromatic N) is 2. The molecule has 0 fully saturated rings. The summed E-state index contributed by atoms with van der Waals surface area (Å²) in [6, 6.07) is 0.684. The Kier molecular flexibility index (Phi) is 5.30. The summed E-state index contributed by atoms with van der Waals surface area (Å²) in [6.07, 6.45) is 9.45. The Labute approximate surface area is 86.5 Å². The van der Waals surface area contributed by atoms with E-state index in [1.54, 1.807) is 0 Å². The highest BCUT2D eigenvalue weighted by atomic mass is 15.0. The van der Waals surface area contributed by atoms with Gasteiger partial charge in [0.05, 0.1) is 6.33 Å². The fourth-order valence-corrected chi connectivity index (χ4v) is 1.62. The first-order valence-corrected chi connectivity index (χ1v) is 5.56. The molecule has 1 heterocycles. The van der Waals surface area contributed by atoms with Crippen LogP contribution in [0.3, 0.4) is 0 Å². The highest BCUT2D eigenvalue weighted by molar-refractivity contribution is 4.74. The van der Waals surface area contributed by atoms with Crippen molar-refractivity contribution in [3.05, 3.63) is 18.7 Å². The van der Waals surface area contributed by atoms with Crippen molar-refractivity contribution in [2.75, 3.05) is 6.54 Å². The molecule has 0 saturated carbocycles. The Hall–Kier alpha value is -0.830. The van der Waals surface area contributed by atoms with Crippen LogP contribution in [0.15, 0.2) is 18.7 Å². The smallest absolute Gasteiger partial charge is 0.0946 e. The minimum Gasteiger partial charge on any atom is -0.336 e. The van der Waals surface area contributed by atoms with Crippen molar-refractivity contribution in [2.24, 2.45) is 0 Å². The zero-order valence-electron chi connectivity index (χ0n) is 9.24. The molecule has 0 aliphatic heterocycles. The van der Waals surface area contributed by atoms with Crippen LogP contribution in [0.2, 0.25) is 0 Å². The SMILES string of the molecule is CCCC(CC)NCCn1ccnc1. The van der Waals surface area contributed by atoms with Crippen LogP contribution in [0.25, 0.3) is 0 Å². The van der Waals surface area contributed by atoms with Crippen LogP contribution in [-0.2, 0) is 6.54 Å². The van der Waals surface area contributed by atoms with E-state index in [9.17, 15) is 0 Å². The highest BCUT2D eigenvalue weighted by Crippen LogP contribution is 2.00.